The van der Waals surface area contributed by atoms with Gasteiger partial charge in [-0.3, -0.25) is 4.79 Å². The molecule has 1 unspecified atom stereocenters. The molecular formula is C11H22N2O2. The average molecular weight is 214 g/mol. The van der Waals surface area contributed by atoms with E-state index < -0.39 is 12.0 Å². The van der Waals surface area contributed by atoms with Crippen LogP contribution < -0.4 is 5.32 Å². The van der Waals surface area contributed by atoms with Crippen LogP contribution in [0.4, 0.5) is 0 Å². The van der Waals surface area contributed by atoms with E-state index in [0.717, 1.165) is 12.5 Å². The first-order chi connectivity index (χ1) is 6.99. The van der Waals surface area contributed by atoms with Crippen molar-refractivity contribution in [3.63, 3.8) is 0 Å². The number of carbonyl (C=O) groups is 1. The maximum atomic E-state index is 11.0. The molecule has 0 aromatic rings. The number of rotatable bonds is 7. The lowest BCUT2D eigenvalue weighted by molar-refractivity contribution is -0.140. The lowest BCUT2D eigenvalue weighted by atomic mass is 10.2. The standard InChI is InChI=1S/C11H22N2O2/c1-8(2)12-10(11(14)15)7-13(3)6-9-4-5-9/h8-10,12H,4-7H2,1-3H3,(H,14,15). The van der Waals surface area contributed by atoms with E-state index in [0.29, 0.717) is 6.54 Å². The summed E-state index contributed by atoms with van der Waals surface area (Å²) in [4.78, 5) is 13.1. The summed E-state index contributed by atoms with van der Waals surface area (Å²) in [7, 11) is 2.00. The Balaban J connectivity index is 2.31. The fraction of sp³-hybridized carbons (Fsp3) is 0.909. The van der Waals surface area contributed by atoms with Crippen molar-refractivity contribution >= 4 is 5.97 Å². The predicted octanol–water partition coefficient (Wildman–Crippen LogP) is 0.779. The van der Waals surface area contributed by atoms with Gasteiger partial charge < -0.3 is 15.3 Å². The van der Waals surface area contributed by atoms with Gasteiger partial charge in [0, 0.05) is 19.1 Å². The predicted molar refractivity (Wildman–Crippen MR) is 59.9 cm³/mol. The second-order valence-corrected chi connectivity index (χ2v) is 4.88. The zero-order chi connectivity index (χ0) is 11.4. The van der Waals surface area contributed by atoms with Gasteiger partial charge in [-0.1, -0.05) is 13.8 Å². The number of hydrogen-bond acceptors (Lipinski definition) is 3. The topological polar surface area (TPSA) is 52.6 Å². The maximum Gasteiger partial charge on any atom is 0.322 e. The molecule has 0 heterocycles. The Morgan fingerprint density at radius 2 is 2.13 bits per heavy atom. The SMILES string of the molecule is CC(C)NC(CN(C)CC1CC1)C(=O)O. The molecule has 0 aliphatic heterocycles. The Labute approximate surface area is 91.6 Å². The molecule has 0 radical (unpaired) electrons. The fourth-order valence-electron chi connectivity index (χ4n) is 1.73. The molecule has 4 nitrogen and oxygen atoms in total. The number of aliphatic carboxylic acids is 1. The van der Waals surface area contributed by atoms with Crippen molar-refractivity contribution in [1.29, 1.82) is 0 Å². The van der Waals surface area contributed by atoms with Crippen LogP contribution in [0.5, 0.6) is 0 Å². The van der Waals surface area contributed by atoms with Gasteiger partial charge in [0.05, 0.1) is 0 Å². The summed E-state index contributed by atoms with van der Waals surface area (Å²) in [5.74, 6) is 0.0508. The molecule has 1 atom stereocenters. The molecule has 4 heteroatoms. The molecule has 1 rings (SSSR count). The second kappa shape index (κ2) is 5.47. The van der Waals surface area contributed by atoms with Crippen molar-refractivity contribution in [3.05, 3.63) is 0 Å². The third-order valence-electron chi connectivity index (χ3n) is 2.59. The van der Waals surface area contributed by atoms with Crippen LogP contribution in [-0.2, 0) is 4.79 Å². The van der Waals surface area contributed by atoms with Gasteiger partial charge in [0.15, 0.2) is 0 Å². The zero-order valence-electron chi connectivity index (χ0n) is 9.86. The Bertz CT molecular complexity index is 215. The van der Waals surface area contributed by atoms with Crippen LogP contribution in [0.1, 0.15) is 26.7 Å². The Morgan fingerprint density at radius 1 is 1.53 bits per heavy atom. The summed E-state index contributed by atoms with van der Waals surface area (Å²) in [5.41, 5.74) is 0. The van der Waals surface area contributed by atoms with Crippen molar-refractivity contribution < 1.29 is 9.90 Å². The van der Waals surface area contributed by atoms with Crippen LogP contribution in [-0.4, -0.2) is 48.2 Å². The lowest BCUT2D eigenvalue weighted by Gasteiger charge is -2.23. The molecule has 0 aromatic carbocycles. The van der Waals surface area contributed by atoms with E-state index in [4.69, 9.17) is 5.11 Å². The highest BCUT2D eigenvalue weighted by Crippen LogP contribution is 2.29. The van der Waals surface area contributed by atoms with E-state index in [2.05, 4.69) is 10.2 Å². The van der Waals surface area contributed by atoms with Gasteiger partial charge in [0.2, 0.25) is 0 Å². The van der Waals surface area contributed by atoms with Gasteiger partial charge in [-0.15, -0.1) is 0 Å². The summed E-state index contributed by atoms with van der Waals surface area (Å²) >= 11 is 0. The molecule has 88 valence electrons. The molecule has 1 aliphatic carbocycles. The summed E-state index contributed by atoms with van der Waals surface area (Å²) in [6, 6.07) is -0.242. The molecule has 0 bridgehead atoms. The molecule has 2 N–H and O–H groups in total. The zero-order valence-corrected chi connectivity index (χ0v) is 9.86. The van der Waals surface area contributed by atoms with Crippen molar-refractivity contribution in [1.82, 2.24) is 10.2 Å². The van der Waals surface area contributed by atoms with Crippen LogP contribution in [0.3, 0.4) is 0 Å². The van der Waals surface area contributed by atoms with Gasteiger partial charge >= 0.3 is 5.97 Å². The summed E-state index contributed by atoms with van der Waals surface area (Å²) in [5, 5.41) is 12.1. The lowest BCUT2D eigenvalue weighted by Crippen LogP contribution is -2.48. The van der Waals surface area contributed by atoms with Gasteiger partial charge in [-0.25, -0.2) is 0 Å². The third-order valence-corrected chi connectivity index (χ3v) is 2.59. The van der Waals surface area contributed by atoms with E-state index >= 15 is 0 Å². The first-order valence-electron chi connectivity index (χ1n) is 5.66. The molecular weight excluding hydrogens is 192 g/mol. The van der Waals surface area contributed by atoms with Gasteiger partial charge in [0.25, 0.3) is 0 Å². The first-order valence-corrected chi connectivity index (χ1v) is 5.66. The van der Waals surface area contributed by atoms with Crippen LogP contribution in [0, 0.1) is 5.92 Å². The van der Waals surface area contributed by atoms with Gasteiger partial charge in [-0.2, -0.15) is 0 Å². The third kappa shape index (κ3) is 5.14. The van der Waals surface area contributed by atoms with Crippen molar-refractivity contribution in [2.75, 3.05) is 20.1 Å². The minimum Gasteiger partial charge on any atom is -0.480 e. The fourth-order valence-corrected chi connectivity index (χ4v) is 1.73. The van der Waals surface area contributed by atoms with Crippen molar-refractivity contribution in [3.8, 4) is 0 Å². The molecule has 0 saturated heterocycles. The normalized spacial score (nSPS) is 18.5. The largest absolute Gasteiger partial charge is 0.480 e. The molecule has 0 spiro atoms. The Kier molecular flexibility index (Phi) is 4.54. The monoisotopic (exact) mass is 214 g/mol. The number of likely N-dealkylation sites (N-methyl/N-ethyl adjacent to an activating group) is 1. The van der Waals surface area contributed by atoms with Gasteiger partial charge in [-0.05, 0) is 25.8 Å². The Hall–Kier alpha value is -0.610. The number of hydrogen-bond donors (Lipinski definition) is 2. The molecule has 15 heavy (non-hydrogen) atoms. The number of nitrogens with zero attached hydrogens (tertiary/aromatic N) is 1. The number of carboxylic acid groups (broad SMARTS) is 1. The molecule has 0 amide bonds. The highest BCUT2D eigenvalue weighted by Gasteiger charge is 2.25. The van der Waals surface area contributed by atoms with E-state index in [9.17, 15) is 4.79 Å². The van der Waals surface area contributed by atoms with Crippen LogP contribution in [0.25, 0.3) is 0 Å². The van der Waals surface area contributed by atoms with E-state index in [1.165, 1.54) is 12.8 Å². The average Bonchev–Trinajstić information content (AvgIpc) is 2.85. The highest BCUT2D eigenvalue weighted by molar-refractivity contribution is 5.73. The summed E-state index contributed by atoms with van der Waals surface area (Å²) in [6.07, 6.45) is 2.61. The number of nitrogens with one attached hydrogen (secondary N) is 1. The molecule has 1 saturated carbocycles. The second-order valence-electron chi connectivity index (χ2n) is 4.88. The maximum absolute atomic E-state index is 11.0. The van der Waals surface area contributed by atoms with Gasteiger partial charge in [0.1, 0.15) is 6.04 Å². The van der Waals surface area contributed by atoms with E-state index in [1.54, 1.807) is 0 Å². The van der Waals surface area contributed by atoms with Crippen LogP contribution >= 0.6 is 0 Å². The summed E-state index contributed by atoms with van der Waals surface area (Å²) in [6.45, 7) is 5.56. The Morgan fingerprint density at radius 3 is 2.53 bits per heavy atom. The highest BCUT2D eigenvalue weighted by atomic mass is 16.4. The smallest absolute Gasteiger partial charge is 0.322 e. The minimum atomic E-state index is -0.758. The minimum absolute atomic E-state index is 0.209. The molecule has 1 fully saturated rings. The van der Waals surface area contributed by atoms with Crippen LogP contribution in [0.15, 0.2) is 0 Å². The first kappa shape index (κ1) is 12.5. The number of carboxylic acids is 1. The summed E-state index contributed by atoms with van der Waals surface area (Å²) < 4.78 is 0. The van der Waals surface area contributed by atoms with Crippen molar-refractivity contribution in [2.45, 2.75) is 38.8 Å². The molecule has 1 aliphatic rings. The van der Waals surface area contributed by atoms with E-state index in [1.807, 2.05) is 20.9 Å². The van der Waals surface area contributed by atoms with E-state index in [-0.39, 0.29) is 6.04 Å². The quantitative estimate of drug-likeness (QED) is 0.657. The van der Waals surface area contributed by atoms with Crippen LogP contribution in [0.2, 0.25) is 0 Å². The molecule has 0 aromatic heterocycles. The van der Waals surface area contributed by atoms with Crippen molar-refractivity contribution in [2.24, 2.45) is 5.92 Å².